The zero-order chi connectivity index (χ0) is 17.5. The van der Waals surface area contributed by atoms with Gasteiger partial charge in [-0.15, -0.1) is 0 Å². The van der Waals surface area contributed by atoms with E-state index in [4.69, 9.17) is 13.9 Å². The molecule has 2 heterocycles. The van der Waals surface area contributed by atoms with Gasteiger partial charge in [0.2, 0.25) is 5.91 Å². The lowest BCUT2D eigenvalue weighted by molar-refractivity contribution is -0.159. The van der Waals surface area contributed by atoms with Gasteiger partial charge in [-0.25, -0.2) is 0 Å². The van der Waals surface area contributed by atoms with Gasteiger partial charge in [-0.1, -0.05) is 18.2 Å². The van der Waals surface area contributed by atoms with Gasteiger partial charge in [0.25, 0.3) is 5.91 Å². The largest absolute Gasteiger partial charge is 0.467 e. The van der Waals surface area contributed by atoms with E-state index in [9.17, 15) is 9.59 Å². The summed E-state index contributed by atoms with van der Waals surface area (Å²) < 4.78 is 16.1. The molecule has 1 saturated heterocycles. The topological polar surface area (TPSA) is 81.0 Å². The summed E-state index contributed by atoms with van der Waals surface area (Å²) in [5.74, 6) is 0.0136. The van der Waals surface area contributed by atoms with E-state index in [0.29, 0.717) is 24.7 Å². The standard InChI is InChI=1S/C18H20N2O5/c21-17(19-14-5-2-1-3-6-14)12-20(11-15-7-4-8-24-15)18(22)16-13-23-9-10-25-16/h1-8,16H,9-13H2,(H,19,21)/t16-/m1/s1. The van der Waals surface area contributed by atoms with Gasteiger partial charge >= 0.3 is 0 Å². The SMILES string of the molecule is O=C(CN(Cc1ccco1)C(=O)[C@H]1COCCO1)Nc1ccccc1. The van der Waals surface area contributed by atoms with E-state index in [1.54, 1.807) is 24.3 Å². The van der Waals surface area contributed by atoms with Crippen LogP contribution in [0.15, 0.2) is 53.1 Å². The lowest BCUT2D eigenvalue weighted by atomic mass is 10.2. The summed E-state index contributed by atoms with van der Waals surface area (Å²) in [5.41, 5.74) is 0.676. The second-order valence-corrected chi connectivity index (χ2v) is 5.62. The maximum Gasteiger partial charge on any atom is 0.254 e. The van der Waals surface area contributed by atoms with Crippen molar-refractivity contribution in [1.82, 2.24) is 4.90 Å². The molecule has 2 aromatic rings. The van der Waals surface area contributed by atoms with Crippen molar-refractivity contribution in [3.05, 3.63) is 54.5 Å². The lowest BCUT2D eigenvalue weighted by Gasteiger charge is -2.28. The Hall–Kier alpha value is -2.64. The highest BCUT2D eigenvalue weighted by molar-refractivity contribution is 5.95. The number of anilines is 1. The number of nitrogens with zero attached hydrogens (tertiary/aromatic N) is 1. The quantitative estimate of drug-likeness (QED) is 0.862. The van der Waals surface area contributed by atoms with Crippen LogP contribution in [0.4, 0.5) is 5.69 Å². The normalized spacial score (nSPS) is 17.0. The Bertz CT molecular complexity index is 681. The molecule has 7 heteroatoms. The summed E-state index contributed by atoms with van der Waals surface area (Å²) in [7, 11) is 0. The third-order valence-electron chi connectivity index (χ3n) is 3.72. The summed E-state index contributed by atoms with van der Waals surface area (Å²) in [4.78, 5) is 26.5. The molecule has 1 atom stereocenters. The third-order valence-corrected chi connectivity index (χ3v) is 3.72. The molecule has 25 heavy (non-hydrogen) atoms. The van der Waals surface area contributed by atoms with Crippen LogP contribution in [0, 0.1) is 0 Å². The molecule has 0 spiro atoms. The molecule has 1 N–H and O–H groups in total. The van der Waals surface area contributed by atoms with Crippen molar-refractivity contribution in [3.63, 3.8) is 0 Å². The molecular weight excluding hydrogens is 324 g/mol. The van der Waals surface area contributed by atoms with E-state index in [1.165, 1.54) is 11.2 Å². The highest BCUT2D eigenvalue weighted by Gasteiger charge is 2.29. The number of para-hydroxylation sites is 1. The molecule has 0 bridgehead atoms. The Labute approximate surface area is 145 Å². The molecule has 1 aromatic heterocycles. The van der Waals surface area contributed by atoms with Crippen molar-refractivity contribution in [3.8, 4) is 0 Å². The maximum atomic E-state index is 12.7. The van der Waals surface area contributed by atoms with Crippen molar-refractivity contribution < 1.29 is 23.5 Å². The van der Waals surface area contributed by atoms with Gasteiger partial charge in [0, 0.05) is 5.69 Å². The first kappa shape index (κ1) is 17.2. The van der Waals surface area contributed by atoms with Crippen molar-refractivity contribution in [2.75, 3.05) is 31.7 Å². The molecule has 1 aromatic carbocycles. The molecule has 1 fully saturated rings. The number of furan rings is 1. The summed E-state index contributed by atoms with van der Waals surface area (Å²) in [5, 5.41) is 2.77. The van der Waals surface area contributed by atoms with Crippen molar-refractivity contribution in [2.24, 2.45) is 0 Å². The summed E-state index contributed by atoms with van der Waals surface area (Å²) in [6, 6.07) is 12.6. The summed E-state index contributed by atoms with van der Waals surface area (Å²) in [6.45, 7) is 1.10. The van der Waals surface area contributed by atoms with E-state index in [0.717, 1.165) is 0 Å². The van der Waals surface area contributed by atoms with Crippen molar-refractivity contribution in [1.29, 1.82) is 0 Å². The molecule has 0 unspecified atom stereocenters. The Morgan fingerprint density at radius 1 is 1.12 bits per heavy atom. The van der Waals surface area contributed by atoms with Crippen molar-refractivity contribution in [2.45, 2.75) is 12.6 Å². The fourth-order valence-electron chi connectivity index (χ4n) is 2.53. The molecule has 7 nitrogen and oxygen atoms in total. The van der Waals surface area contributed by atoms with Gasteiger partial charge in [-0.2, -0.15) is 0 Å². The Balaban J connectivity index is 1.66. The van der Waals surface area contributed by atoms with E-state index in [2.05, 4.69) is 5.32 Å². The first-order chi connectivity index (χ1) is 12.2. The molecule has 0 radical (unpaired) electrons. The van der Waals surface area contributed by atoms with Crippen LogP contribution < -0.4 is 5.32 Å². The zero-order valence-electron chi connectivity index (χ0n) is 13.7. The Kier molecular flexibility index (Phi) is 5.81. The molecule has 1 aliphatic rings. The summed E-state index contributed by atoms with van der Waals surface area (Å²) >= 11 is 0. The number of amides is 2. The molecule has 0 aliphatic carbocycles. The average molecular weight is 344 g/mol. The first-order valence-electron chi connectivity index (χ1n) is 8.08. The number of hydrogen-bond acceptors (Lipinski definition) is 5. The fraction of sp³-hybridized carbons (Fsp3) is 0.333. The van der Waals surface area contributed by atoms with E-state index < -0.39 is 6.10 Å². The van der Waals surface area contributed by atoms with Gasteiger partial charge < -0.3 is 24.1 Å². The fourth-order valence-corrected chi connectivity index (χ4v) is 2.53. The number of ether oxygens (including phenoxy) is 2. The van der Waals surface area contributed by atoms with Crippen LogP contribution >= 0.6 is 0 Å². The Morgan fingerprint density at radius 2 is 1.96 bits per heavy atom. The van der Waals surface area contributed by atoms with Gasteiger partial charge in [-0.05, 0) is 24.3 Å². The number of carbonyl (C=O) groups is 2. The van der Waals surface area contributed by atoms with Gasteiger partial charge in [0.05, 0.1) is 32.6 Å². The number of rotatable bonds is 6. The lowest BCUT2D eigenvalue weighted by Crippen LogP contribution is -2.47. The predicted octanol–water partition coefficient (Wildman–Crippen LogP) is 1.66. The molecule has 3 rings (SSSR count). The minimum Gasteiger partial charge on any atom is -0.467 e. The van der Waals surface area contributed by atoms with Gasteiger partial charge in [0.15, 0.2) is 6.10 Å². The van der Waals surface area contributed by atoms with Gasteiger partial charge in [0.1, 0.15) is 12.3 Å². The smallest absolute Gasteiger partial charge is 0.254 e. The van der Waals surface area contributed by atoms with Crippen LogP contribution in [-0.4, -0.2) is 49.2 Å². The van der Waals surface area contributed by atoms with Crippen LogP contribution in [0.1, 0.15) is 5.76 Å². The number of hydrogen-bond donors (Lipinski definition) is 1. The van der Waals surface area contributed by atoms with E-state index in [-0.39, 0.29) is 31.5 Å². The van der Waals surface area contributed by atoms with E-state index in [1.807, 2.05) is 18.2 Å². The van der Waals surface area contributed by atoms with Crippen LogP contribution in [0.5, 0.6) is 0 Å². The van der Waals surface area contributed by atoms with Crippen LogP contribution in [-0.2, 0) is 25.6 Å². The third kappa shape index (κ3) is 4.91. The number of benzene rings is 1. The molecule has 0 saturated carbocycles. The number of nitrogens with one attached hydrogen (secondary N) is 1. The molecule has 2 amide bonds. The monoisotopic (exact) mass is 344 g/mol. The second-order valence-electron chi connectivity index (χ2n) is 5.62. The highest BCUT2D eigenvalue weighted by atomic mass is 16.6. The van der Waals surface area contributed by atoms with Crippen molar-refractivity contribution >= 4 is 17.5 Å². The maximum absolute atomic E-state index is 12.7. The minimum absolute atomic E-state index is 0.103. The first-order valence-corrected chi connectivity index (χ1v) is 8.08. The number of carbonyl (C=O) groups excluding carboxylic acids is 2. The van der Waals surface area contributed by atoms with Gasteiger partial charge in [-0.3, -0.25) is 9.59 Å². The zero-order valence-corrected chi connectivity index (χ0v) is 13.7. The van der Waals surface area contributed by atoms with Crippen LogP contribution in [0.3, 0.4) is 0 Å². The molecule has 132 valence electrons. The average Bonchev–Trinajstić information content (AvgIpc) is 3.15. The minimum atomic E-state index is -0.701. The van der Waals surface area contributed by atoms with Crippen LogP contribution in [0.2, 0.25) is 0 Å². The second kappa shape index (κ2) is 8.46. The summed E-state index contributed by atoms with van der Waals surface area (Å²) in [6.07, 6.45) is 0.829. The molecule has 1 aliphatic heterocycles. The highest BCUT2D eigenvalue weighted by Crippen LogP contribution is 2.12. The predicted molar refractivity (Wildman–Crippen MR) is 89.8 cm³/mol. The van der Waals surface area contributed by atoms with Crippen LogP contribution in [0.25, 0.3) is 0 Å². The van der Waals surface area contributed by atoms with E-state index >= 15 is 0 Å². The molecular formula is C18H20N2O5. The Morgan fingerprint density at radius 3 is 2.64 bits per heavy atom.